The van der Waals surface area contributed by atoms with Crippen molar-refractivity contribution in [3.05, 3.63) is 42.2 Å². The lowest BCUT2D eigenvalue weighted by Crippen LogP contribution is -2.31. The monoisotopic (exact) mass is 330 g/mol. The number of nitrogens with one attached hydrogen (secondary N) is 2. The Morgan fingerprint density at radius 2 is 2.00 bits per heavy atom. The topological polar surface area (TPSA) is 85.2 Å². The van der Waals surface area contributed by atoms with E-state index in [9.17, 15) is 9.59 Å². The maximum absolute atomic E-state index is 11.9. The van der Waals surface area contributed by atoms with Crippen LogP contribution in [0.15, 0.2) is 36.7 Å². The second-order valence-electron chi connectivity index (χ2n) is 5.44. The normalized spacial score (nSPS) is 11.6. The molecule has 2 aromatic rings. The number of benzene rings is 1. The van der Waals surface area contributed by atoms with Crippen molar-refractivity contribution in [3.8, 4) is 11.4 Å². The number of methoxy groups -OCH3 is 1. The van der Waals surface area contributed by atoms with Crippen LogP contribution in [-0.4, -0.2) is 35.2 Å². The van der Waals surface area contributed by atoms with Crippen molar-refractivity contribution in [3.63, 3.8) is 0 Å². The van der Waals surface area contributed by atoms with Crippen LogP contribution in [0.5, 0.6) is 5.75 Å². The highest BCUT2D eigenvalue weighted by Gasteiger charge is 2.12. The molecule has 1 atom stereocenters. The third kappa shape index (κ3) is 4.84. The van der Waals surface area contributed by atoms with Crippen molar-refractivity contribution in [2.24, 2.45) is 0 Å². The van der Waals surface area contributed by atoms with E-state index in [2.05, 4.69) is 15.7 Å². The summed E-state index contributed by atoms with van der Waals surface area (Å²) in [5, 5.41) is 9.81. The zero-order valence-electron chi connectivity index (χ0n) is 14.1. The number of hydrogen-bond acceptors (Lipinski definition) is 4. The molecule has 0 fully saturated rings. The van der Waals surface area contributed by atoms with Gasteiger partial charge in [-0.25, -0.2) is 4.68 Å². The Balaban J connectivity index is 1.93. The van der Waals surface area contributed by atoms with Crippen LogP contribution in [0, 0.1) is 0 Å². The third-order valence-electron chi connectivity index (χ3n) is 3.54. The maximum atomic E-state index is 11.9. The van der Waals surface area contributed by atoms with Gasteiger partial charge in [0.15, 0.2) is 0 Å². The highest BCUT2D eigenvalue weighted by molar-refractivity contribution is 5.78. The second kappa shape index (κ2) is 8.14. The van der Waals surface area contributed by atoms with Crippen LogP contribution >= 0.6 is 0 Å². The predicted molar refractivity (Wildman–Crippen MR) is 90.0 cm³/mol. The van der Waals surface area contributed by atoms with E-state index >= 15 is 0 Å². The molecule has 7 nitrogen and oxygen atoms in total. The molecule has 0 aliphatic carbocycles. The molecule has 0 bridgehead atoms. The molecule has 1 aromatic carbocycles. The number of hydrogen-bond donors (Lipinski definition) is 2. The fraction of sp³-hybridized carbons (Fsp3) is 0.353. The number of amides is 2. The summed E-state index contributed by atoms with van der Waals surface area (Å²) in [6.45, 7) is 3.65. The quantitative estimate of drug-likeness (QED) is 0.807. The van der Waals surface area contributed by atoms with Gasteiger partial charge in [0.25, 0.3) is 0 Å². The SMILES string of the molecule is COc1ccc(-n2cc([C@@H](C)NC(=O)CCNC(C)=O)cn2)cc1. The largest absolute Gasteiger partial charge is 0.497 e. The van der Waals surface area contributed by atoms with Crippen LogP contribution < -0.4 is 15.4 Å². The minimum Gasteiger partial charge on any atom is -0.497 e. The van der Waals surface area contributed by atoms with E-state index in [0.29, 0.717) is 6.54 Å². The Kier molecular flexibility index (Phi) is 5.95. The standard InChI is InChI=1S/C17H22N4O3/c1-12(20-17(23)8-9-18-13(2)22)14-10-19-21(11-14)15-4-6-16(24-3)7-5-15/h4-7,10-12H,8-9H2,1-3H3,(H,18,22)(H,20,23)/t12-/m1/s1. The summed E-state index contributed by atoms with van der Waals surface area (Å²) in [6.07, 6.45) is 3.85. The van der Waals surface area contributed by atoms with Gasteiger partial charge < -0.3 is 15.4 Å². The van der Waals surface area contributed by atoms with Gasteiger partial charge in [-0.1, -0.05) is 0 Å². The molecule has 0 radical (unpaired) electrons. The molecular weight excluding hydrogens is 308 g/mol. The van der Waals surface area contributed by atoms with Crippen molar-refractivity contribution in [2.75, 3.05) is 13.7 Å². The highest BCUT2D eigenvalue weighted by Crippen LogP contribution is 2.17. The van der Waals surface area contributed by atoms with Gasteiger partial charge in [-0.2, -0.15) is 5.10 Å². The molecule has 128 valence electrons. The molecule has 2 N–H and O–H groups in total. The van der Waals surface area contributed by atoms with E-state index in [1.807, 2.05) is 37.4 Å². The number of rotatable bonds is 7. The summed E-state index contributed by atoms with van der Waals surface area (Å²) in [6, 6.07) is 7.38. The molecule has 0 unspecified atom stereocenters. The molecule has 0 spiro atoms. The average molecular weight is 330 g/mol. The summed E-state index contributed by atoms with van der Waals surface area (Å²) in [4.78, 5) is 22.6. The van der Waals surface area contributed by atoms with Gasteiger partial charge in [0.1, 0.15) is 5.75 Å². The molecular formula is C17H22N4O3. The fourth-order valence-corrected chi connectivity index (χ4v) is 2.19. The molecule has 24 heavy (non-hydrogen) atoms. The van der Waals surface area contributed by atoms with Crippen molar-refractivity contribution in [1.82, 2.24) is 20.4 Å². The summed E-state index contributed by atoms with van der Waals surface area (Å²) in [7, 11) is 1.62. The minimum absolute atomic E-state index is 0.117. The molecule has 0 saturated heterocycles. The van der Waals surface area contributed by atoms with Gasteiger partial charge in [-0.3, -0.25) is 9.59 Å². The van der Waals surface area contributed by atoms with Gasteiger partial charge in [-0.15, -0.1) is 0 Å². The number of ether oxygens (including phenoxy) is 1. The number of carbonyl (C=O) groups excluding carboxylic acids is 2. The van der Waals surface area contributed by atoms with Crippen LogP contribution in [0.4, 0.5) is 0 Å². The van der Waals surface area contributed by atoms with Crippen LogP contribution in [0.1, 0.15) is 31.9 Å². The summed E-state index contributed by atoms with van der Waals surface area (Å²) in [5.41, 5.74) is 1.81. The predicted octanol–water partition coefficient (Wildman–Crippen LogP) is 1.58. The van der Waals surface area contributed by atoms with Crippen LogP contribution in [0.3, 0.4) is 0 Å². The molecule has 0 saturated carbocycles. The Labute approximate surface area is 141 Å². The van der Waals surface area contributed by atoms with Crippen LogP contribution in [0.25, 0.3) is 5.69 Å². The third-order valence-corrected chi connectivity index (χ3v) is 3.54. The fourth-order valence-electron chi connectivity index (χ4n) is 2.19. The lowest BCUT2D eigenvalue weighted by atomic mass is 10.2. The molecule has 2 rings (SSSR count). The van der Waals surface area contributed by atoms with Gasteiger partial charge in [-0.05, 0) is 31.2 Å². The second-order valence-corrected chi connectivity index (χ2v) is 5.44. The molecule has 1 aromatic heterocycles. The van der Waals surface area contributed by atoms with E-state index in [-0.39, 0.29) is 24.3 Å². The molecule has 2 amide bonds. The van der Waals surface area contributed by atoms with E-state index in [1.54, 1.807) is 18.0 Å². The molecule has 0 aliphatic heterocycles. The first-order valence-electron chi connectivity index (χ1n) is 7.72. The van der Waals surface area contributed by atoms with Crippen molar-refractivity contribution < 1.29 is 14.3 Å². The van der Waals surface area contributed by atoms with E-state index in [0.717, 1.165) is 17.0 Å². The highest BCUT2D eigenvalue weighted by atomic mass is 16.5. The summed E-state index contributed by atoms with van der Waals surface area (Å²) >= 11 is 0. The van der Waals surface area contributed by atoms with E-state index < -0.39 is 0 Å². The first kappa shape index (κ1) is 17.5. The molecule has 0 aliphatic rings. The first-order chi connectivity index (χ1) is 11.5. The van der Waals surface area contributed by atoms with Gasteiger partial charge in [0.2, 0.25) is 11.8 Å². The van der Waals surface area contributed by atoms with Crippen LogP contribution in [0.2, 0.25) is 0 Å². The van der Waals surface area contributed by atoms with Crippen molar-refractivity contribution >= 4 is 11.8 Å². The zero-order chi connectivity index (χ0) is 17.5. The zero-order valence-corrected chi connectivity index (χ0v) is 14.1. The molecule has 1 heterocycles. The van der Waals surface area contributed by atoms with Gasteiger partial charge >= 0.3 is 0 Å². The van der Waals surface area contributed by atoms with Crippen molar-refractivity contribution in [1.29, 1.82) is 0 Å². The average Bonchev–Trinajstić information content (AvgIpc) is 3.04. The summed E-state index contributed by atoms with van der Waals surface area (Å²) < 4.78 is 6.88. The lowest BCUT2D eigenvalue weighted by Gasteiger charge is -2.12. The lowest BCUT2D eigenvalue weighted by molar-refractivity contribution is -0.122. The Morgan fingerprint density at radius 3 is 2.62 bits per heavy atom. The van der Waals surface area contributed by atoms with E-state index in [4.69, 9.17) is 4.74 Å². The Morgan fingerprint density at radius 1 is 1.29 bits per heavy atom. The Bertz CT molecular complexity index is 694. The first-order valence-corrected chi connectivity index (χ1v) is 7.72. The molecule has 7 heteroatoms. The smallest absolute Gasteiger partial charge is 0.222 e. The van der Waals surface area contributed by atoms with Gasteiger partial charge in [0.05, 0.1) is 25.0 Å². The number of carbonyl (C=O) groups is 2. The number of aromatic nitrogens is 2. The summed E-state index contributed by atoms with van der Waals surface area (Å²) in [5.74, 6) is 0.524. The Hall–Kier alpha value is -2.83. The van der Waals surface area contributed by atoms with Crippen LogP contribution in [-0.2, 0) is 9.59 Å². The minimum atomic E-state index is -0.165. The van der Waals surface area contributed by atoms with E-state index in [1.165, 1.54) is 6.92 Å². The van der Waals surface area contributed by atoms with Gasteiger partial charge in [0, 0.05) is 31.6 Å². The maximum Gasteiger partial charge on any atom is 0.222 e. The van der Waals surface area contributed by atoms with Crippen molar-refractivity contribution in [2.45, 2.75) is 26.3 Å². The number of nitrogens with zero attached hydrogens (tertiary/aromatic N) is 2.